The van der Waals surface area contributed by atoms with Crippen LogP contribution in [0.4, 0.5) is 0 Å². The van der Waals surface area contributed by atoms with E-state index in [4.69, 9.17) is 14.2 Å². The zero-order valence-corrected chi connectivity index (χ0v) is 13.6. The number of ether oxygens (including phenoxy) is 3. The third-order valence-electron chi connectivity index (χ3n) is 3.67. The molecule has 1 fully saturated rings. The Morgan fingerprint density at radius 1 is 1.29 bits per heavy atom. The van der Waals surface area contributed by atoms with Gasteiger partial charge < -0.3 is 19.5 Å². The van der Waals surface area contributed by atoms with Crippen LogP contribution in [0.25, 0.3) is 0 Å². The second kappa shape index (κ2) is 7.14. The van der Waals surface area contributed by atoms with Gasteiger partial charge in [-0.3, -0.25) is 0 Å². The van der Waals surface area contributed by atoms with Crippen molar-refractivity contribution >= 4 is 0 Å². The van der Waals surface area contributed by atoms with Crippen molar-refractivity contribution in [3.63, 3.8) is 0 Å². The van der Waals surface area contributed by atoms with E-state index in [1.54, 1.807) is 0 Å². The molecule has 118 valence electrons. The Bertz CT molecular complexity index is 459. The molecule has 1 aromatic carbocycles. The van der Waals surface area contributed by atoms with E-state index < -0.39 is 0 Å². The summed E-state index contributed by atoms with van der Waals surface area (Å²) in [4.78, 5) is 0. The highest BCUT2D eigenvalue weighted by atomic mass is 16.6. The standard InChI is InChI=1S/C17H27NO3/c1-5-19-16-10-13(11-18-4)6-7-15(16)20-12-14-8-9-17(2,3)21-14/h6-7,10,14,18H,5,8-9,11-12H2,1-4H3. The van der Waals surface area contributed by atoms with Gasteiger partial charge >= 0.3 is 0 Å². The Labute approximate surface area is 127 Å². The molecular formula is C17H27NO3. The van der Waals surface area contributed by atoms with Gasteiger partial charge in [-0.15, -0.1) is 0 Å². The molecule has 0 saturated carbocycles. The van der Waals surface area contributed by atoms with Crippen LogP contribution in [-0.2, 0) is 11.3 Å². The Hall–Kier alpha value is -1.26. The van der Waals surface area contributed by atoms with Gasteiger partial charge in [-0.2, -0.15) is 0 Å². The summed E-state index contributed by atoms with van der Waals surface area (Å²) in [6, 6.07) is 6.08. The van der Waals surface area contributed by atoms with Crippen LogP contribution < -0.4 is 14.8 Å². The average Bonchev–Trinajstić information content (AvgIpc) is 2.78. The molecule has 1 aliphatic rings. The summed E-state index contributed by atoms with van der Waals surface area (Å²) in [6.07, 6.45) is 2.31. The molecule has 1 aromatic rings. The van der Waals surface area contributed by atoms with Crippen molar-refractivity contribution in [1.29, 1.82) is 0 Å². The number of nitrogens with one attached hydrogen (secondary N) is 1. The summed E-state index contributed by atoms with van der Waals surface area (Å²) >= 11 is 0. The van der Waals surface area contributed by atoms with Crippen LogP contribution in [0.5, 0.6) is 11.5 Å². The van der Waals surface area contributed by atoms with Crippen LogP contribution in [0.1, 0.15) is 39.2 Å². The fraction of sp³-hybridized carbons (Fsp3) is 0.647. The Kier molecular flexibility index (Phi) is 5.48. The molecule has 4 nitrogen and oxygen atoms in total. The van der Waals surface area contributed by atoms with E-state index in [0.29, 0.717) is 13.2 Å². The minimum absolute atomic E-state index is 0.0204. The number of hydrogen-bond acceptors (Lipinski definition) is 4. The second-order valence-electron chi connectivity index (χ2n) is 6.09. The molecule has 1 atom stereocenters. The number of rotatable bonds is 7. The predicted octanol–water partition coefficient (Wildman–Crippen LogP) is 3.14. The molecule has 1 aliphatic heterocycles. The molecule has 4 heteroatoms. The summed E-state index contributed by atoms with van der Waals surface area (Å²) in [5.74, 6) is 1.60. The maximum Gasteiger partial charge on any atom is 0.161 e. The van der Waals surface area contributed by atoms with E-state index in [-0.39, 0.29) is 11.7 Å². The normalized spacial score (nSPS) is 20.5. The van der Waals surface area contributed by atoms with Gasteiger partial charge in [0.05, 0.1) is 18.3 Å². The van der Waals surface area contributed by atoms with E-state index in [9.17, 15) is 0 Å². The predicted molar refractivity (Wildman–Crippen MR) is 84.1 cm³/mol. The van der Waals surface area contributed by atoms with Crippen molar-refractivity contribution in [3.8, 4) is 11.5 Å². The number of benzene rings is 1. The zero-order valence-electron chi connectivity index (χ0n) is 13.6. The van der Waals surface area contributed by atoms with Gasteiger partial charge in [-0.25, -0.2) is 0 Å². The molecular weight excluding hydrogens is 266 g/mol. The molecule has 0 bridgehead atoms. The molecule has 21 heavy (non-hydrogen) atoms. The highest BCUT2D eigenvalue weighted by Gasteiger charge is 2.32. The molecule has 0 spiro atoms. The third-order valence-corrected chi connectivity index (χ3v) is 3.67. The molecule has 1 heterocycles. The van der Waals surface area contributed by atoms with Crippen molar-refractivity contribution in [2.75, 3.05) is 20.3 Å². The minimum Gasteiger partial charge on any atom is -0.490 e. The summed E-state index contributed by atoms with van der Waals surface area (Å²) in [7, 11) is 1.93. The zero-order chi connectivity index (χ0) is 15.3. The van der Waals surface area contributed by atoms with Crippen LogP contribution in [-0.4, -0.2) is 32.0 Å². The van der Waals surface area contributed by atoms with Gasteiger partial charge in [0, 0.05) is 6.54 Å². The van der Waals surface area contributed by atoms with E-state index in [0.717, 1.165) is 30.9 Å². The first-order valence-electron chi connectivity index (χ1n) is 7.75. The lowest BCUT2D eigenvalue weighted by Crippen LogP contribution is -2.24. The van der Waals surface area contributed by atoms with Gasteiger partial charge in [0.15, 0.2) is 11.5 Å². The summed E-state index contributed by atoms with van der Waals surface area (Å²) in [5, 5.41) is 3.14. The van der Waals surface area contributed by atoms with Gasteiger partial charge in [0.1, 0.15) is 6.61 Å². The molecule has 2 rings (SSSR count). The van der Waals surface area contributed by atoms with Crippen LogP contribution >= 0.6 is 0 Å². The summed E-state index contributed by atoms with van der Waals surface area (Å²) in [5.41, 5.74) is 1.17. The summed E-state index contributed by atoms with van der Waals surface area (Å²) in [6.45, 7) is 8.27. The van der Waals surface area contributed by atoms with Crippen molar-refractivity contribution < 1.29 is 14.2 Å². The van der Waals surface area contributed by atoms with Crippen molar-refractivity contribution in [2.24, 2.45) is 0 Å². The van der Waals surface area contributed by atoms with E-state index in [1.807, 2.05) is 26.1 Å². The summed E-state index contributed by atoms with van der Waals surface area (Å²) < 4.78 is 17.6. The fourth-order valence-electron chi connectivity index (χ4n) is 2.63. The molecule has 0 aromatic heterocycles. The average molecular weight is 293 g/mol. The van der Waals surface area contributed by atoms with Gasteiger partial charge in [0.25, 0.3) is 0 Å². The van der Waals surface area contributed by atoms with Crippen molar-refractivity contribution in [1.82, 2.24) is 5.32 Å². The molecule has 0 aliphatic carbocycles. The molecule has 0 radical (unpaired) electrons. The fourth-order valence-corrected chi connectivity index (χ4v) is 2.63. The van der Waals surface area contributed by atoms with Crippen LogP contribution in [0, 0.1) is 0 Å². The first-order valence-corrected chi connectivity index (χ1v) is 7.75. The highest BCUT2D eigenvalue weighted by Crippen LogP contribution is 2.32. The molecule has 0 amide bonds. The first-order chi connectivity index (χ1) is 10.0. The van der Waals surface area contributed by atoms with Crippen LogP contribution in [0.15, 0.2) is 18.2 Å². The Morgan fingerprint density at radius 3 is 2.71 bits per heavy atom. The second-order valence-corrected chi connectivity index (χ2v) is 6.09. The Morgan fingerprint density at radius 2 is 2.10 bits per heavy atom. The van der Waals surface area contributed by atoms with Gasteiger partial charge in [0.2, 0.25) is 0 Å². The quantitative estimate of drug-likeness (QED) is 0.838. The lowest BCUT2D eigenvalue weighted by molar-refractivity contribution is -0.0329. The first kappa shape index (κ1) is 16.1. The SMILES string of the molecule is CCOc1cc(CNC)ccc1OCC1CCC(C)(C)O1. The van der Waals surface area contributed by atoms with E-state index in [2.05, 4.69) is 25.2 Å². The Balaban J connectivity index is 1.98. The van der Waals surface area contributed by atoms with Crippen LogP contribution in [0.2, 0.25) is 0 Å². The highest BCUT2D eigenvalue weighted by molar-refractivity contribution is 5.43. The third kappa shape index (κ3) is 4.61. The maximum absolute atomic E-state index is 5.96. The van der Waals surface area contributed by atoms with E-state index >= 15 is 0 Å². The van der Waals surface area contributed by atoms with Crippen molar-refractivity contribution in [3.05, 3.63) is 23.8 Å². The monoisotopic (exact) mass is 293 g/mol. The number of hydrogen-bond donors (Lipinski definition) is 1. The lowest BCUT2D eigenvalue weighted by Gasteiger charge is -2.20. The maximum atomic E-state index is 5.96. The smallest absolute Gasteiger partial charge is 0.161 e. The van der Waals surface area contributed by atoms with Gasteiger partial charge in [-0.05, 0) is 58.4 Å². The van der Waals surface area contributed by atoms with Gasteiger partial charge in [-0.1, -0.05) is 6.07 Å². The largest absolute Gasteiger partial charge is 0.490 e. The topological polar surface area (TPSA) is 39.7 Å². The van der Waals surface area contributed by atoms with E-state index in [1.165, 1.54) is 5.56 Å². The van der Waals surface area contributed by atoms with Crippen molar-refractivity contribution in [2.45, 2.75) is 51.9 Å². The van der Waals surface area contributed by atoms with Crippen LogP contribution in [0.3, 0.4) is 0 Å². The minimum atomic E-state index is -0.0204. The molecule has 1 saturated heterocycles. The lowest BCUT2D eigenvalue weighted by atomic mass is 10.1. The molecule has 1 unspecified atom stereocenters. The molecule has 1 N–H and O–H groups in total.